The second kappa shape index (κ2) is 4.28. The molecule has 0 aromatic carbocycles. The zero-order chi connectivity index (χ0) is 12.4. The molecule has 0 saturated carbocycles. The van der Waals surface area contributed by atoms with E-state index < -0.39 is 17.8 Å². The highest BCUT2D eigenvalue weighted by Gasteiger charge is 2.16. The Hall–Kier alpha value is -2.31. The number of amides is 1. The van der Waals surface area contributed by atoms with Crippen molar-refractivity contribution in [2.45, 2.75) is 6.92 Å². The molecule has 0 bridgehead atoms. The lowest BCUT2D eigenvalue weighted by molar-refractivity contribution is 0.0986. The molecule has 1 amide bonds. The molecule has 1 N–H and O–H groups in total. The average Bonchev–Trinajstić information content (AvgIpc) is 2.68. The molecular formula is C10H7F2N3O2. The number of hydrogen-bond donors (Lipinski definition) is 1. The lowest BCUT2D eigenvalue weighted by Gasteiger charge is -2.03. The average molecular weight is 239 g/mol. The van der Waals surface area contributed by atoms with E-state index in [1.54, 1.807) is 6.92 Å². The summed E-state index contributed by atoms with van der Waals surface area (Å²) in [7, 11) is 0. The Balaban J connectivity index is 2.22. The predicted octanol–water partition coefficient (Wildman–Crippen LogP) is 1.91. The largest absolute Gasteiger partial charge is 0.351 e. The van der Waals surface area contributed by atoms with Gasteiger partial charge in [0.1, 0.15) is 0 Å². The third kappa shape index (κ3) is 2.27. The smallest absolute Gasteiger partial charge is 0.294 e. The van der Waals surface area contributed by atoms with Crippen molar-refractivity contribution < 1.29 is 18.1 Å². The van der Waals surface area contributed by atoms with Gasteiger partial charge >= 0.3 is 0 Å². The van der Waals surface area contributed by atoms with E-state index in [9.17, 15) is 13.6 Å². The fourth-order valence-corrected chi connectivity index (χ4v) is 1.19. The Kier molecular flexibility index (Phi) is 2.82. The molecule has 0 aliphatic heterocycles. The summed E-state index contributed by atoms with van der Waals surface area (Å²) in [6.07, 6.45) is 1.36. The second-order valence-corrected chi connectivity index (χ2v) is 3.26. The summed E-state index contributed by atoms with van der Waals surface area (Å²) in [5, 5.41) is 5.62. The highest BCUT2D eigenvalue weighted by molar-refractivity contribution is 6.02. The summed E-state index contributed by atoms with van der Waals surface area (Å²) in [5.41, 5.74) is 0.283. The first-order valence-electron chi connectivity index (χ1n) is 4.62. The van der Waals surface area contributed by atoms with Gasteiger partial charge in [0.2, 0.25) is 17.7 Å². The van der Waals surface area contributed by atoms with Crippen molar-refractivity contribution in [2.75, 3.05) is 5.32 Å². The lowest BCUT2D eigenvalue weighted by Crippen LogP contribution is -2.14. The highest BCUT2D eigenvalue weighted by atomic mass is 19.1. The molecule has 0 aliphatic carbocycles. The van der Waals surface area contributed by atoms with Gasteiger partial charge in [-0.3, -0.25) is 4.79 Å². The van der Waals surface area contributed by atoms with Crippen LogP contribution in [0.3, 0.4) is 0 Å². The normalized spacial score (nSPS) is 10.3. The molecule has 0 unspecified atom stereocenters. The summed E-state index contributed by atoms with van der Waals surface area (Å²) >= 11 is 0. The van der Waals surface area contributed by atoms with Gasteiger partial charge in [0.25, 0.3) is 5.91 Å². The third-order valence-corrected chi connectivity index (χ3v) is 2.02. The Morgan fingerprint density at radius 3 is 2.76 bits per heavy atom. The molecule has 2 heterocycles. The molecule has 88 valence electrons. The topological polar surface area (TPSA) is 68.0 Å². The van der Waals surface area contributed by atoms with E-state index in [2.05, 4.69) is 20.0 Å². The van der Waals surface area contributed by atoms with Crippen LogP contribution >= 0.6 is 0 Å². The molecule has 17 heavy (non-hydrogen) atoms. The Morgan fingerprint density at radius 2 is 2.18 bits per heavy atom. The van der Waals surface area contributed by atoms with Gasteiger partial charge in [-0.2, -0.15) is 13.8 Å². The van der Waals surface area contributed by atoms with Gasteiger partial charge in [-0.1, -0.05) is 5.16 Å². The molecule has 2 aromatic heterocycles. The first-order chi connectivity index (χ1) is 8.08. The zero-order valence-electron chi connectivity index (χ0n) is 8.70. The van der Waals surface area contributed by atoms with Gasteiger partial charge in [0, 0.05) is 5.56 Å². The maximum Gasteiger partial charge on any atom is 0.294 e. The molecule has 5 nitrogen and oxygen atoms in total. The summed E-state index contributed by atoms with van der Waals surface area (Å²) in [4.78, 5) is 14.5. The van der Waals surface area contributed by atoms with Crippen LogP contribution in [-0.4, -0.2) is 16.0 Å². The van der Waals surface area contributed by atoms with Crippen molar-refractivity contribution in [2.24, 2.45) is 0 Å². The van der Waals surface area contributed by atoms with E-state index in [0.717, 1.165) is 12.1 Å². The fourth-order valence-electron chi connectivity index (χ4n) is 1.19. The third-order valence-electron chi connectivity index (χ3n) is 2.02. The van der Waals surface area contributed by atoms with E-state index in [4.69, 9.17) is 0 Å². The van der Waals surface area contributed by atoms with E-state index in [1.165, 1.54) is 6.20 Å². The van der Waals surface area contributed by atoms with Gasteiger partial charge in [0.15, 0.2) is 0 Å². The molecule has 2 aromatic rings. The minimum absolute atomic E-state index is 0.0336. The van der Waals surface area contributed by atoms with Crippen molar-refractivity contribution in [3.05, 3.63) is 41.5 Å². The maximum absolute atomic E-state index is 13.1. The number of nitrogens with one attached hydrogen (secondary N) is 1. The molecule has 7 heteroatoms. The van der Waals surface area contributed by atoms with E-state index >= 15 is 0 Å². The van der Waals surface area contributed by atoms with E-state index in [-0.39, 0.29) is 11.4 Å². The number of hydrogen-bond acceptors (Lipinski definition) is 4. The van der Waals surface area contributed by atoms with Gasteiger partial charge in [-0.05, 0) is 19.1 Å². The standard InChI is InChI=1S/C10H7F2N3O2/c1-5-4-13-17-8(5)10(16)14-6-2-3-7(11)15-9(6)12/h2-4H,1H3,(H,14,16). The van der Waals surface area contributed by atoms with Gasteiger partial charge in [-0.15, -0.1) is 0 Å². The maximum atomic E-state index is 13.1. The zero-order valence-corrected chi connectivity index (χ0v) is 8.70. The number of aromatic nitrogens is 2. The van der Waals surface area contributed by atoms with Crippen LogP contribution in [0.25, 0.3) is 0 Å². The number of pyridine rings is 1. The first-order valence-corrected chi connectivity index (χ1v) is 4.62. The van der Waals surface area contributed by atoms with Gasteiger partial charge in [0.05, 0.1) is 11.9 Å². The number of aryl methyl sites for hydroxylation is 1. The van der Waals surface area contributed by atoms with Crippen LogP contribution in [0.15, 0.2) is 22.9 Å². The predicted molar refractivity (Wildman–Crippen MR) is 53.3 cm³/mol. The van der Waals surface area contributed by atoms with Crippen molar-refractivity contribution >= 4 is 11.6 Å². The lowest BCUT2D eigenvalue weighted by atomic mass is 10.3. The number of nitrogens with zero attached hydrogens (tertiary/aromatic N) is 2. The van der Waals surface area contributed by atoms with E-state index in [1.807, 2.05) is 0 Å². The van der Waals surface area contributed by atoms with Crippen LogP contribution in [0.2, 0.25) is 0 Å². The molecule has 0 fully saturated rings. The second-order valence-electron chi connectivity index (χ2n) is 3.26. The minimum Gasteiger partial charge on any atom is -0.351 e. The number of halogens is 2. The number of carbonyl (C=O) groups excluding carboxylic acids is 1. The molecule has 0 aliphatic rings. The first kappa shape index (κ1) is 11.2. The van der Waals surface area contributed by atoms with Crippen molar-refractivity contribution in [1.82, 2.24) is 10.1 Å². The summed E-state index contributed by atoms with van der Waals surface area (Å²) in [5.74, 6) is -2.77. The number of anilines is 1. The van der Waals surface area contributed by atoms with Crippen LogP contribution in [0.1, 0.15) is 16.1 Å². The van der Waals surface area contributed by atoms with Crippen molar-refractivity contribution in [3.63, 3.8) is 0 Å². The monoisotopic (exact) mass is 239 g/mol. The summed E-state index contributed by atoms with van der Waals surface area (Å²) in [6, 6.07) is 2.01. The number of rotatable bonds is 2. The quantitative estimate of drug-likeness (QED) is 0.813. The highest BCUT2D eigenvalue weighted by Crippen LogP contribution is 2.14. The Morgan fingerprint density at radius 1 is 1.41 bits per heavy atom. The van der Waals surface area contributed by atoms with Crippen molar-refractivity contribution in [1.29, 1.82) is 0 Å². The SMILES string of the molecule is Cc1cnoc1C(=O)Nc1ccc(F)nc1F. The molecular weight excluding hydrogens is 232 g/mol. The van der Waals surface area contributed by atoms with Crippen LogP contribution in [0.5, 0.6) is 0 Å². The fraction of sp³-hybridized carbons (Fsp3) is 0.100. The van der Waals surface area contributed by atoms with E-state index in [0.29, 0.717) is 5.56 Å². The molecule has 0 spiro atoms. The Labute approximate surface area is 94.4 Å². The minimum atomic E-state index is -1.10. The van der Waals surface area contributed by atoms with Crippen molar-refractivity contribution in [3.8, 4) is 0 Å². The van der Waals surface area contributed by atoms with Crippen LogP contribution in [0.4, 0.5) is 14.5 Å². The van der Waals surface area contributed by atoms with Crippen LogP contribution in [0, 0.1) is 18.8 Å². The number of carbonyl (C=O) groups is 1. The summed E-state index contributed by atoms with van der Waals surface area (Å²) < 4.78 is 30.4. The molecule has 0 saturated heterocycles. The van der Waals surface area contributed by atoms with Gasteiger partial charge < -0.3 is 9.84 Å². The molecule has 2 rings (SSSR count). The van der Waals surface area contributed by atoms with Crippen LogP contribution < -0.4 is 5.32 Å². The molecule has 0 atom stereocenters. The van der Waals surface area contributed by atoms with Gasteiger partial charge in [-0.25, -0.2) is 0 Å². The Bertz CT molecular complexity index is 568. The molecule has 0 radical (unpaired) electrons. The van der Waals surface area contributed by atoms with Crippen LogP contribution in [-0.2, 0) is 0 Å². The summed E-state index contributed by atoms with van der Waals surface area (Å²) in [6.45, 7) is 1.62.